The van der Waals surface area contributed by atoms with Crippen molar-refractivity contribution in [3.8, 4) is 28.3 Å². The largest absolute Gasteiger partial charge is 0.457 e. The van der Waals surface area contributed by atoms with Crippen LogP contribution in [0.3, 0.4) is 0 Å². The van der Waals surface area contributed by atoms with Crippen molar-refractivity contribution in [2.45, 2.75) is 5.41 Å². The Labute approximate surface area is 385 Å². The first kappa shape index (κ1) is 36.5. The number of aromatic nitrogens is 1. The van der Waals surface area contributed by atoms with Gasteiger partial charge in [0.1, 0.15) is 22.7 Å². The van der Waals surface area contributed by atoms with E-state index in [0.717, 1.165) is 78.3 Å². The Kier molecular flexibility index (Phi) is 7.40. The van der Waals surface area contributed by atoms with Crippen molar-refractivity contribution in [2.75, 3.05) is 4.90 Å². The molecule has 0 bridgehead atoms. The van der Waals surface area contributed by atoms with Gasteiger partial charge in [0.15, 0.2) is 0 Å². The van der Waals surface area contributed by atoms with Gasteiger partial charge in [-0.05, 0) is 111 Å². The predicted octanol–water partition coefficient (Wildman–Crippen LogP) is 16.9. The molecule has 0 saturated carbocycles. The molecule has 2 aromatic heterocycles. The topological polar surface area (TPSA) is 30.5 Å². The zero-order chi connectivity index (χ0) is 43.8. The molecule has 1 spiro atoms. The van der Waals surface area contributed by atoms with Crippen LogP contribution >= 0.6 is 0 Å². The van der Waals surface area contributed by atoms with Crippen LogP contribution in [0.1, 0.15) is 22.3 Å². The molecule has 0 saturated heterocycles. The van der Waals surface area contributed by atoms with Gasteiger partial charge < -0.3 is 18.6 Å². The lowest BCUT2D eigenvalue weighted by molar-refractivity contribution is 0.435. The first-order valence-electron chi connectivity index (χ1n) is 23.0. The van der Waals surface area contributed by atoms with E-state index in [1.54, 1.807) is 0 Å². The summed E-state index contributed by atoms with van der Waals surface area (Å²) in [6.45, 7) is 0. The van der Waals surface area contributed by atoms with Gasteiger partial charge in [-0.25, -0.2) is 0 Å². The summed E-state index contributed by atoms with van der Waals surface area (Å²) >= 11 is 0. The fraction of sp³-hybridized carbons (Fsp3) is 0.0159. The minimum atomic E-state index is -0.673. The molecule has 312 valence electrons. The highest BCUT2D eigenvalue weighted by Crippen LogP contribution is 2.62. The van der Waals surface area contributed by atoms with E-state index in [0.29, 0.717) is 0 Å². The molecule has 11 aromatic carbocycles. The number of rotatable bonds is 4. The molecule has 13 aromatic rings. The van der Waals surface area contributed by atoms with Gasteiger partial charge >= 0.3 is 0 Å². The Morgan fingerprint density at radius 3 is 1.87 bits per heavy atom. The molecule has 4 nitrogen and oxygen atoms in total. The van der Waals surface area contributed by atoms with Crippen molar-refractivity contribution >= 4 is 82.4 Å². The molecule has 67 heavy (non-hydrogen) atoms. The van der Waals surface area contributed by atoms with Gasteiger partial charge in [-0.15, -0.1) is 0 Å². The Morgan fingerprint density at radius 2 is 1.00 bits per heavy atom. The van der Waals surface area contributed by atoms with Crippen LogP contribution in [0, 0.1) is 0 Å². The third kappa shape index (κ3) is 4.96. The Hall–Kier alpha value is -8.86. The van der Waals surface area contributed by atoms with Gasteiger partial charge in [0.2, 0.25) is 0 Å². The molecule has 0 atom stereocenters. The second kappa shape index (κ2) is 13.6. The minimum absolute atomic E-state index is 0.673. The van der Waals surface area contributed by atoms with E-state index in [4.69, 9.17) is 9.15 Å². The van der Waals surface area contributed by atoms with Gasteiger partial charge in [-0.2, -0.15) is 0 Å². The SMILES string of the molecule is c1ccc2c(c1)Oc1ccccc1C21c2cc(N(c3ccc4c(c3)c3ccccc3n4-c3ccc4c(c3)oc3ccccc34)c3cccc4ccccc34)ccc2-c2cccc3cccc1c23. The number of hydrogen-bond donors (Lipinski definition) is 0. The third-order valence-electron chi connectivity index (χ3n) is 14.6. The lowest BCUT2D eigenvalue weighted by Gasteiger charge is -2.45. The maximum Gasteiger partial charge on any atom is 0.137 e. The van der Waals surface area contributed by atoms with Crippen molar-refractivity contribution in [2.24, 2.45) is 0 Å². The number of nitrogens with zero attached hydrogens (tertiary/aromatic N) is 2. The fourth-order valence-electron chi connectivity index (χ4n) is 11.9. The Morgan fingerprint density at radius 1 is 0.373 bits per heavy atom. The predicted molar refractivity (Wildman–Crippen MR) is 275 cm³/mol. The molecular formula is C63H38N2O2. The molecule has 2 aliphatic rings. The smallest absolute Gasteiger partial charge is 0.137 e. The van der Waals surface area contributed by atoms with Crippen molar-refractivity contribution in [1.82, 2.24) is 4.57 Å². The van der Waals surface area contributed by atoms with Gasteiger partial charge in [0.25, 0.3) is 0 Å². The molecule has 3 heterocycles. The average molecular weight is 855 g/mol. The highest BCUT2D eigenvalue weighted by molar-refractivity contribution is 6.13. The van der Waals surface area contributed by atoms with E-state index in [1.165, 1.54) is 54.6 Å². The van der Waals surface area contributed by atoms with E-state index in [-0.39, 0.29) is 0 Å². The van der Waals surface area contributed by atoms with Crippen LogP contribution in [-0.2, 0) is 5.41 Å². The molecule has 1 aliphatic carbocycles. The zero-order valence-electron chi connectivity index (χ0n) is 36.2. The average Bonchev–Trinajstić information content (AvgIpc) is 3.93. The number of fused-ring (bicyclic) bond motifs is 15. The maximum atomic E-state index is 6.80. The summed E-state index contributed by atoms with van der Waals surface area (Å²) < 4.78 is 15.6. The van der Waals surface area contributed by atoms with E-state index in [1.807, 2.05) is 12.1 Å². The quantitative estimate of drug-likeness (QED) is 0.177. The Bertz CT molecular complexity index is 4170. The molecular weight excluding hydrogens is 817 g/mol. The van der Waals surface area contributed by atoms with Crippen LogP contribution in [0.5, 0.6) is 11.5 Å². The number of benzene rings is 11. The second-order valence-electron chi connectivity index (χ2n) is 17.9. The van der Waals surface area contributed by atoms with Gasteiger partial charge in [0, 0.05) is 61.2 Å². The standard InChI is InChI=1S/C63H38N2O2/c1-2-18-44-39(14-1)15-13-26-55(44)64(41-32-35-57-50(36-41)46-19-3-7-25-56(46)65(57)43-31-34-48-47-20-4-8-27-58(47)66-61(48)38-43)42-30-33-45-49-21-11-16-40-17-12-24-53(62(40)49)63(54(45)37-42)51-22-5-9-28-59(51)67-60-29-10-6-23-52(60)63/h1-38H. The lowest BCUT2D eigenvalue weighted by atomic mass is 9.58. The summed E-state index contributed by atoms with van der Waals surface area (Å²) in [5.74, 6) is 1.75. The van der Waals surface area contributed by atoms with E-state index in [2.05, 4.69) is 228 Å². The number of anilines is 3. The van der Waals surface area contributed by atoms with E-state index in [9.17, 15) is 0 Å². The zero-order valence-corrected chi connectivity index (χ0v) is 36.2. The summed E-state index contributed by atoms with van der Waals surface area (Å²) in [4.78, 5) is 2.47. The highest BCUT2D eigenvalue weighted by atomic mass is 16.5. The molecule has 4 heteroatoms. The first-order chi connectivity index (χ1) is 33.2. The molecule has 0 radical (unpaired) electrons. The third-order valence-corrected chi connectivity index (χ3v) is 14.6. The molecule has 1 aliphatic heterocycles. The summed E-state index contributed by atoms with van der Waals surface area (Å²) in [6, 6.07) is 84.0. The summed E-state index contributed by atoms with van der Waals surface area (Å²) in [5, 5.41) is 9.48. The van der Waals surface area contributed by atoms with Crippen LogP contribution < -0.4 is 9.64 Å². The van der Waals surface area contributed by atoms with Gasteiger partial charge in [0.05, 0.1) is 22.1 Å². The van der Waals surface area contributed by atoms with Gasteiger partial charge in [-0.1, -0.05) is 152 Å². The molecule has 0 fully saturated rings. The normalized spacial score (nSPS) is 13.3. The number of hydrogen-bond acceptors (Lipinski definition) is 3. The van der Waals surface area contributed by atoms with Crippen LogP contribution in [0.15, 0.2) is 235 Å². The van der Waals surface area contributed by atoms with Crippen LogP contribution in [0.25, 0.3) is 82.1 Å². The van der Waals surface area contributed by atoms with Crippen molar-refractivity contribution in [1.29, 1.82) is 0 Å². The fourth-order valence-corrected chi connectivity index (χ4v) is 11.9. The maximum absolute atomic E-state index is 6.80. The monoisotopic (exact) mass is 854 g/mol. The summed E-state index contributed by atoms with van der Waals surface area (Å²) in [5.41, 5.74) is 14.9. The molecule has 0 unspecified atom stereocenters. The van der Waals surface area contributed by atoms with Gasteiger partial charge in [-0.3, -0.25) is 0 Å². The van der Waals surface area contributed by atoms with Crippen LogP contribution in [-0.4, -0.2) is 4.57 Å². The van der Waals surface area contributed by atoms with E-state index < -0.39 is 5.41 Å². The second-order valence-corrected chi connectivity index (χ2v) is 17.9. The van der Waals surface area contributed by atoms with E-state index >= 15 is 0 Å². The highest BCUT2D eigenvalue weighted by Gasteiger charge is 2.49. The van der Waals surface area contributed by atoms with Crippen molar-refractivity contribution < 1.29 is 9.15 Å². The van der Waals surface area contributed by atoms with Crippen molar-refractivity contribution in [3.63, 3.8) is 0 Å². The van der Waals surface area contributed by atoms with Crippen molar-refractivity contribution in [3.05, 3.63) is 253 Å². The Balaban J connectivity index is 1.01. The summed E-state index contributed by atoms with van der Waals surface area (Å²) in [6.07, 6.45) is 0. The van der Waals surface area contributed by atoms with Crippen LogP contribution in [0.2, 0.25) is 0 Å². The molecule has 0 amide bonds. The minimum Gasteiger partial charge on any atom is -0.457 e. The number of para-hydroxylation sites is 4. The number of ether oxygens (including phenoxy) is 1. The summed E-state index contributed by atoms with van der Waals surface area (Å²) in [7, 11) is 0. The van der Waals surface area contributed by atoms with Crippen LogP contribution in [0.4, 0.5) is 17.1 Å². The molecule has 15 rings (SSSR count). The lowest BCUT2D eigenvalue weighted by Crippen LogP contribution is -2.36. The molecule has 0 N–H and O–H groups in total. The number of furan rings is 1. The first-order valence-corrected chi connectivity index (χ1v) is 23.0.